The first-order chi connectivity index (χ1) is 11.7. The van der Waals surface area contributed by atoms with E-state index in [0.29, 0.717) is 11.5 Å². The molecule has 0 saturated carbocycles. The first-order valence-corrected chi connectivity index (χ1v) is 8.43. The van der Waals surface area contributed by atoms with Crippen LogP contribution in [0.25, 0.3) is 0 Å². The zero-order chi connectivity index (χ0) is 17.2. The van der Waals surface area contributed by atoms with Gasteiger partial charge < -0.3 is 14.6 Å². The molecule has 128 valence electrons. The number of unbranched alkanes of at least 4 members (excludes halogenated alkanes) is 4. The molecule has 0 heterocycles. The zero-order valence-electron chi connectivity index (χ0n) is 14.0. The molecule has 2 aromatic rings. The molecule has 0 radical (unpaired) electrons. The molecule has 24 heavy (non-hydrogen) atoms. The van der Waals surface area contributed by atoms with Crippen molar-refractivity contribution in [3.8, 4) is 17.2 Å². The third-order valence-electron chi connectivity index (χ3n) is 3.66. The van der Waals surface area contributed by atoms with Gasteiger partial charge in [-0.05, 0) is 48.9 Å². The van der Waals surface area contributed by atoms with Crippen LogP contribution in [0.15, 0.2) is 48.5 Å². The van der Waals surface area contributed by atoms with E-state index in [1.807, 2.05) is 24.3 Å². The third kappa shape index (κ3) is 5.95. The Labute approximate surface area is 143 Å². The summed E-state index contributed by atoms with van der Waals surface area (Å²) < 4.78 is 11.4. The average molecular weight is 328 g/mol. The maximum absolute atomic E-state index is 11.0. The molecule has 0 fully saturated rings. The van der Waals surface area contributed by atoms with Gasteiger partial charge in [-0.25, -0.2) is 4.79 Å². The van der Waals surface area contributed by atoms with E-state index in [0.717, 1.165) is 18.8 Å². The number of hydrogen-bond donors (Lipinski definition) is 1. The molecule has 2 rings (SSSR count). The molecule has 0 aliphatic heterocycles. The molecule has 1 N–H and O–H groups in total. The third-order valence-corrected chi connectivity index (χ3v) is 3.66. The smallest absolute Gasteiger partial charge is 0.335 e. The molecule has 4 nitrogen and oxygen atoms in total. The van der Waals surface area contributed by atoms with Crippen molar-refractivity contribution in [1.82, 2.24) is 0 Å². The van der Waals surface area contributed by atoms with Crippen molar-refractivity contribution in [1.29, 1.82) is 0 Å². The Morgan fingerprint density at radius 2 is 1.62 bits per heavy atom. The lowest BCUT2D eigenvalue weighted by Crippen LogP contribution is -1.97. The number of rotatable bonds is 10. The van der Waals surface area contributed by atoms with E-state index in [1.54, 1.807) is 12.1 Å². The van der Waals surface area contributed by atoms with E-state index in [2.05, 4.69) is 6.92 Å². The highest BCUT2D eigenvalue weighted by Gasteiger charge is 2.05. The lowest BCUT2D eigenvalue weighted by Gasteiger charge is -2.09. The minimum atomic E-state index is -0.969. The number of aromatic carboxylic acids is 1. The Balaban J connectivity index is 1.81. The van der Waals surface area contributed by atoms with Crippen LogP contribution in [-0.2, 0) is 0 Å². The van der Waals surface area contributed by atoms with Crippen molar-refractivity contribution in [3.05, 3.63) is 54.1 Å². The SMILES string of the molecule is CCCCCCCOc1ccc(Oc2cccc(C(=O)O)c2)cc1. The molecular formula is C20H24O4. The molecular weight excluding hydrogens is 304 g/mol. The lowest BCUT2D eigenvalue weighted by molar-refractivity contribution is 0.0696. The highest BCUT2D eigenvalue weighted by atomic mass is 16.5. The Morgan fingerprint density at radius 1 is 0.917 bits per heavy atom. The quantitative estimate of drug-likeness (QED) is 0.583. The molecule has 0 unspecified atom stereocenters. The van der Waals surface area contributed by atoms with Crippen LogP contribution in [0.4, 0.5) is 0 Å². The number of carbonyl (C=O) groups is 1. The van der Waals surface area contributed by atoms with E-state index < -0.39 is 5.97 Å². The van der Waals surface area contributed by atoms with Crippen molar-refractivity contribution in [2.45, 2.75) is 39.0 Å². The summed E-state index contributed by atoms with van der Waals surface area (Å²) in [6.07, 6.45) is 6.07. The molecule has 0 amide bonds. The Morgan fingerprint density at radius 3 is 2.33 bits per heavy atom. The topological polar surface area (TPSA) is 55.8 Å². The summed E-state index contributed by atoms with van der Waals surface area (Å²) in [5, 5.41) is 8.99. The van der Waals surface area contributed by atoms with E-state index in [-0.39, 0.29) is 5.56 Å². The maximum atomic E-state index is 11.0. The second kappa shape index (κ2) is 9.60. The van der Waals surface area contributed by atoms with Crippen LogP contribution in [0.2, 0.25) is 0 Å². The number of ether oxygens (including phenoxy) is 2. The van der Waals surface area contributed by atoms with E-state index in [9.17, 15) is 4.79 Å². The summed E-state index contributed by atoms with van der Waals surface area (Å²) in [6.45, 7) is 2.93. The maximum Gasteiger partial charge on any atom is 0.335 e. The van der Waals surface area contributed by atoms with Gasteiger partial charge in [0.05, 0.1) is 12.2 Å². The predicted molar refractivity (Wildman–Crippen MR) is 94.2 cm³/mol. The highest BCUT2D eigenvalue weighted by molar-refractivity contribution is 5.88. The van der Waals surface area contributed by atoms with Gasteiger partial charge in [0.2, 0.25) is 0 Å². The molecule has 0 aliphatic carbocycles. The second-order valence-electron chi connectivity index (χ2n) is 5.67. The Bertz CT molecular complexity index is 634. The summed E-state index contributed by atoms with van der Waals surface area (Å²) in [6, 6.07) is 13.8. The summed E-state index contributed by atoms with van der Waals surface area (Å²) in [4.78, 5) is 11.0. The lowest BCUT2D eigenvalue weighted by atomic mass is 10.2. The van der Waals surface area contributed by atoms with E-state index in [4.69, 9.17) is 14.6 Å². The molecule has 0 spiro atoms. The largest absolute Gasteiger partial charge is 0.494 e. The fourth-order valence-electron chi connectivity index (χ4n) is 2.33. The van der Waals surface area contributed by atoms with Crippen molar-refractivity contribution in [2.75, 3.05) is 6.61 Å². The summed E-state index contributed by atoms with van der Waals surface area (Å²) in [7, 11) is 0. The zero-order valence-corrected chi connectivity index (χ0v) is 14.0. The summed E-state index contributed by atoms with van der Waals surface area (Å²) in [5.74, 6) is 0.993. The van der Waals surface area contributed by atoms with Crippen molar-refractivity contribution >= 4 is 5.97 Å². The van der Waals surface area contributed by atoms with Crippen LogP contribution in [0, 0.1) is 0 Å². The van der Waals surface area contributed by atoms with Crippen molar-refractivity contribution in [3.63, 3.8) is 0 Å². The molecule has 0 atom stereocenters. The monoisotopic (exact) mass is 328 g/mol. The van der Waals surface area contributed by atoms with Crippen LogP contribution in [0.1, 0.15) is 49.4 Å². The van der Waals surface area contributed by atoms with Gasteiger partial charge in [-0.15, -0.1) is 0 Å². The number of carboxylic acid groups (broad SMARTS) is 1. The number of benzene rings is 2. The van der Waals surface area contributed by atoms with Crippen LogP contribution in [0.5, 0.6) is 17.2 Å². The van der Waals surface area contributed by atoms with Gasteiger partial charge in [-0.3, -0.25) is 0 Å². The van der Waals surface area contributed by atoms with Gasteiger partial charge in [0.1, 0.15) is 17.2 Å². The average Bonchev–Trinajstić information content (AvgIpc) is 2.59. The fraction of sp³-hybridized carbons (Fsp3) is 0.350. The Hall–Kier alpha value is -2.49. The van der Waals surface area contributed by atoms with Crippen LogP contribution < -0.4 is 9.47 Å². The first-order valence-electron chi connectivity index (χ1n) is 8.43. The van der Waals surface area contributed by atoms with Gasteiger partial charge in [0.15, 0.2) is 0 Å². The minimum absolute atomic E-state index is 0.204. The van der Waals surface area contributed by atoms with Crippen LogP contribution in [-0.4, -0.2) is 17.7 Å². The minimum Gasteiger partial charge on any atom is -0.494 e. The van der Waals surface area contributed by atoms with Crippen molar-refractivity contribution < 1.29 is 19.4 Å². The number of carboxylic acids is 1. The van der Waals surface area contributed by atoms with Crippen molar-refractivity contribution in [2.24, 2.45) is 0 Å². The number of hydrogen-bond acceptors (Lipinski definition) is 3. The highest BCUT2D eigenvalue weighted by Crippen LogP contribution is 2.24. The predicted octanol–water partition coefficient (Wildman–Crippen LogP) is 5.53. The van der Waals surface area contributed by atoms with E-state index >= 15 is 0 Å². The van der Waals surface area contributed by atoms with Gasteiger partial charge in [0, 0.05) is 0 Å². The van der Waals surface area contributed by atoms with Crippen LogP contribution in [0.3, 0.4) is 0 Å². The molecule has 0 aliphatic rings. The molecule has 4 heteroatoms. The van der Waals surface area contributed by atoms with Gasteiger partial charge >= 0.3 is 5.97 Å². The van der Waals surface area contributed by atoms with Crippen LogP contribution >= 0.6 is 0 Å². The molecule has 0 saturated heterocycles. The molecule has 0 aromatic heterocycles. The van der Waals surface area contributed by atoms with Gasteiger partial charge in [-0.2, -0.15) is 0 Å². The van der Waals surface area contributed by atoms with Gasteiger partial charge in [-0.1, -0.05) is 38.7 Å². The first kappa shape index (κ1) is 17.9. The fourth-order valence-corrected chi connectivity index (χ4v) is 2.33. The second-order valence-corrected chi connectivity index (χ2v) is 5.67. The normalized spacial score (nSPS) is 10.4. The molecule has 0 bridgehead atoms. The van der Waals surface area contributed by atoms with Gasteiger partial charge in [0.25, 0.3) is 0 Å². The summed E-state index contributed by atoms with van der Waals surface area (Å²) in [5.41, 5.74) is 0.204. The van der Waals surface area contributed by atoms with E-state index in [1.165, 1.54) is 37.8 Å². The standard InChI is InChI=1S/C20H24O4/c1-2-3-4-5-6-14-23-17-10-12-18(13-11-17)24-19-9-7-8-16(15-19)20(21)22/h7-13,15H,2-6,14H2,1H3,(H,21,22). The molecule has 2 aromatic carbocycles. The Kier molecular flexibility index (Phi) is 7.15. The summed E-state index contributed by atoms with van der Waals surface area (Å²) >= 11 is 0.